The Kier molecular flexibility index (Phi) is 6.97. The van der Waals surface area contributed by atoms with Gasteiger partial charge in [0.25, 0.3) is 0 Å². The number of rotatable bonds is 5. The minimum Gasteiger partial charge on any atom is -0.493 e. The van der Waals surface area contributed by atoms with Crippen molar-refractivity contribution in [3.63, 3.8) is 0 Å². The SMILES string of the molecule is CC#CCC(C)c1cc(C(C)(C)C)c(OCCC)c(C(C)(C)C)c1. The summed E-state index contributed by atoms with van der Waals surface area (Å²) in [6.45, 7) is 20.7. The minimum atomic E-state index is 0.0508. The van der Waals surface area contributed by atoms with Crippen molar-refractivity contribution in [1.82, 2.24) is 0 Å². The molecule has 1 rings (SSSR count). The quantitative estimate of drug-likeness (QED) is 0.554. The van der Waals surface area contributed by atoms with Crippen LogP contribution in [-0.2, 0) is 10.8 Å². The topological polar surface area (TPSA) is 9.23 Å². The van der Waals surface area contributed by atoms with Gasteiger partial charge in [0.15, 0.2) is 0 Å². The van der Waals surface area contributed by atoms with E-state index in [0.29, 0.717) is 5.92 Å². The van der Waals surface area contributed by atoms with Crippen LogP contribution >= 0.6 is 0 Å². The van der Waals surface area contributed by atoms with Crippen LogP contribution in [0.2, 0.25) is 0 Å². The summed E-state index contributed by atoms with van der Waals surface area (Å²) in [5.41, 5.74) is 4.10. The van der Waals surface area contributed by atoms with E-state index >= 15 is 0 Å². The van der Waals surface area contributed by atoms with Crippen molar-refractivity contribution >= 4 is 0 Å². The molecule has 0 heterocycles. The molecule has 24 heavy (non-hydrogen) atoms. The molecule has 0 aliphatic heterocycles. The van der Waals surface area contributed by atoms with Crippen molar-refractivity contribution in [3.05, 3.63) is 28.8 Å². The molecule has 1 heteroatoms. The fourth-order valence-corrected chi connectivity index (χ4v) is 2.78. The third kappa shape index (κ3) is 5.30. The van der Waals surface area contributed by atoms with E-state index in [4.69, 9.17) is 4.74 Å². The van der Waals surface area contributed by atoms with Gasteiger partial charge in [-0.2, -0.15) is 0 Å². The lowest BCUT2D eigenvalue weighted by Crippen LogP contribution is -2.21. The van der Waals surface area contributed by atoms with Gasteiger partial charge in [0.05, 0.1) is 6.61 Å². The van der Waals surface area contributed by atoms with E-state index in [9.17, 15) is 0 Å². The summed E-state index contributed by atoms with van der Waals surface area (Å²) < 4.78 is 6.26. The van der Waals surface area contributed by atoms with Crippen LogP contribution in [0, 0.1) is 11.8 Å². The summed E-state index contributed by atoms with van der Waals surface area (Å²) in [7, 11) is 0. The molecule has 0 aromatic heterocycles. The third-order valence-electron chi connectivity index (χ3n) is 4.33. The monoisotopic (exact) mass is 328 g/mol. The molecule has 0 amide bonds. The molecular weight excluding hydrogens is 292 g/mol. The standard InChI is InChI=1S/C23H36O/c1-10-12-13-17(3)18-15-19(22(4,5)6)21(24-14-11-2)20(16-18)23(7,8)9/h15-17H,11,13-14H2,1-9H3. The normalized spacial score (nSPS) is 13.2. The first-order valence-corrected chi connectivity index (χ1v) is 9.23. The lowest BCUT2D eigenvalue weighted by molar-refractivity contribution is 0.299. The van der Waals surface area contributed by atoms with Crippen LogP contribution in [0.5, 0.6) is 5.75 Å². The second-order valence-electron chi connectivity index (χ2n) is 8.83. The number of hydrogen-bond donors (Lipinski definition) is 0. The zero-order chi connectivity index (χ0) is 18.5. The van der Waals surface area contributed by atoms with Gasteiger partial charge in [-0.05, 0) is 35.7 Å². The first-order chi connectivity index (χ1) is 11.0. The smallest absolute Gasteiger partial charge is 0.126 e. The molecule has 134 valence electrons. The molecule has 1 atom stereocenters. The maximum Gasteiger partial charge on any atom is 0.126 e. The summed E-state index contributed by atoms with van der Waals surface area (Å²) in [5, 5.41) is 0. The van der Waals surface area contributed by atoms with E-state index in [1.165, 1.54) is 16.7 Å². The van der Waals surface area contributed by atoms with Crippen LogP contribution in [0.15, 0.2) is 12.1 Å². The van der Waals surface area contributed by atoms with Gasteiger partial charge < -0.3 is 4.74 Å². The summed E-state index contributed by atoms with van der Waals surface area (Å²) in [5.74, 6) is 7.78. The molecule has 0 N–H and O–H groups in total. The second-order valence-corrected chi connectivity index (χ2v) is 8.83. The average molecular weight is 329 g/mol. The lowest BCUT2D eigenvalue weighted by Gasteiger charge is -2.31. The second kappa shape index (κ2) is 8.11. The first kappa shape index (κ1) is 20.6. The number of ether oxygens (including phenoxy) is 1. The molecule has 0 saturated heterocycles. The summed E-state index contributed by atoms with van der Waals surface area (Å²) >= 11 is 0. The molecule has 0 bridgehead atoms. The highest BCUT2D eigenvalue weighted by Crippen LogP contribution is 2.42. The minimum absolute atomic E-state index is 0.0508. The van der Waals surface area contributed by atoms with Crippen LogP contribution in [-0.4, -0.2) is 6.61 Å². The molecule has 0 fully saturated rings. The van der Waals surface area contributed by atoms with Crippen molar-refractivity contribution in [3.8, 4) is 17.6 Å². The largest absolute Gasteiger partial charge is 0.493 e. The highest BCUT2D eigenvalue weighted by Gasteiger charge is 2.28. The molecular formula is C23H36O. The summed E-state index contributed by atoms with van der Waals surface area (Å²) in [4.78, 5) is 0. The van der Waals surface area contributed by atoms with E-state index in [-0.39, 0.29) is 10.8 Å². The number of benzene rings is 1. The van der Waals surface area contributed by atoms with Gasteiger partial charge in [-0.1, -0.05) is 67.5 Å². The Morgan fingerprint density at radius 2 is 1.50 bits per heavy atom. The zero-order valence-electron chi connectivity index (χ0n) is 17.3. The molecule has 0 spiro atoms. The molecule has 0 aliphatic carbocycles. The van der Waals surface area contributed by atoms with E-state index in [0.717, 1.165) is 25.2 Å². The molecule has 0 aliphatic rings. The van der Waals surface area contributed by atoms with Crippen LogP contribution in [0.1, 0.15) is 97.8 Å². The summed E-state index contributed by atoms with van der Waals surface area (Å²) in [6.07, 6.45) is 1.93. The maximum atomic E-state index is 6.26. The Bertz CT molecular complexity index is 565. The van der Waals surface area contributed by atoms with Gasteiger partial charge in [0.1, 0.15) is 5.75 Å². The van der Waals surface area contributed by atoms with E-state index in [2.05, 4.69) is 79.4 Å². The molecule has 0 radical (unpaired) electrons. The number of hydrogen-bond acceptors (Lipinski definition) is 1. The maximum absolute atomic E-state index is 6.26. The molecule has 0 saturated carbocycles. The Hall–Kier alpha value is -1.42. The van der Waals surface area contributed by atoms with Crippen molar-refractivity contribution in [2.75, 3.05) is 6.61 Å². The molecule has 1 aromatic carbocycles. The van der Waals surface area contributed by atoms with Crippen molar-refractivity contribution in [2.45, 2.75) is 91.9 Å². The van der Waals surface area contributed by atoms with Gasteiger partial charge in [0, 0.05) is 17.5 Å². The highest BCUT2D eigenvalue weighted by molar-refractivity contribution is 5.51. The Morgan fingerprint density at radius 1 is 1.00 bits per heavy atom. The van der Waals surface area contributed by atoms with Crippen molar-refractivity contribution in [2.24, 2.45) is 0 Å². The Balaban J connectivity index is 3.58. The van der Waals surface area contributed by atoms with Gasteiger partial charge >= 0.3 is 0 Å². The molecule has 1 nitrogen and oxygen atoms in total. The van der Waals surface area contributed by atoms with E-state index < -0.39 is 0 Å². The average Bonchev–Trinajstić information content (AvgIpc) is 2.47. The van der Waals surface area contributed by atoms with Crippen LogP contribution < -0.4 is 4.74 Å². The predicted octanol–water partition coefficient (Wildman–Crippen LogP) is 6.59. The lowest BCUT2D eigenvalue weighted by atomic mass is 9.77. The van der Waals surface area contributed by atoms with Crippen molar-refractivity contribution in [1.29, 1.82) is 0 Å². The highest BCUT2D eigenvalue weighted by atomic mass is 16.5. The summed E-state index contributed by atoms with van der Waals surface area (Å²) in [6, 6.07) is 4.70. The van der Waals surface area contributed by atoms with Crippen molar-refractivity contribution < 1.29 is 4.74 Å². The predicted molar refractivity (Wildman–Crippen MR) is 106 cm³/mol. The van der Waals surface area contributed by atoms with Gasteiger partial charge in [-0.25, -0.2) is 0 Å². The Morgan fingerprint density at radius 3 is 1.88 bits per heavy atom. The Labute approximate surface area is 150 Å². The fraction of sp³-hybridized carbons (Fsp3) is 0.652. The fourth-order valence-electron chi connectivity index (χ4n) is 2.78. The van der Waals surface area contributed by atoms with Crippen LogP contribution in [0.3, 0.4) is 0 Å². The third-order valence-corrected chi connectivity index (χ3v) is 4.33. The van der Waals surface area contributed by atoms with Gasteiger partial charge in [-0.3, -0.25) is 0 Å². The van der Waals surface area contributed by atoms with Gasteiger partial charge in [0.2, 0.25) is 0 Å². The molecule has 1 unspecified atom stereocenters. The van der Waals surface area contributed by atoms with Crippen LogP contribution in [0.25, 0.3) is 0 Å². The van der Waals surface area contributed by atoms with E-state index in [1.807, 2.05) is 6.92 Å². The van der Waals surface area contributed by atoms with Crippen LogP contribution in [0.4, 0.5) is 0 Å². The molecule has 1 aromatic rings. The zero-order valence-corrected chi connectivity index (χ0v) is 17.3. The van der Waals surface area contributed by atoms with Gasteiger partial charge in [-0.15, -0.1) is 11.8 Å². The first-order valence-electron chi connectivity index (χ1n) is 9.23. The van der Waals surface area contributed by atoms with E-state index in [1.54, 1.807) is 0 Å².